The molecule has 2 aromatic rings. The van der Waals surface area contributed by atoms with Crippen molar-refractivity contribution in [2.24, 2.45) is 5.73 Å². The van der Waals surface area contributed by atoms with E-state index < -0.39 is 0 Å². The second kappa shape index (κ2) is 7.32. The van der Waals surface area contributed by atoms with Crippen LogP contribution in [0.1, 0.15) is 47.1 Å². The molecule has 1 aromatic carbocycles. The van der Waals surface area contributed by atoms with Crippen LogP contribution < -0.4 is 5.73 Å². The summed E-state index contributed by atoms with van der Waals surface area (Å²) in [6.07, 6.45) is 4.99. The van der Waals surface area contributed by atoms with Gasteiger partial charge in [0, 0.05) is 23.5 Å². The van der Waals surface area contributed by atoms with Crippen molar-refractivity contribution >= 4 is 5.91 Å². The van der Waals surface area contributed by atoms with Gasteiger partial charge in [-0.3, -0.25) is 4.79 Å². The quantitative estimate of drug-likeness (QED) is 0.757. The molecule has 0 unspecified atom stereocenters. The summed E-state index contributed by atoms with van der Waals surface area (Å²) in [5.41, 5.74) is 11.7. The van der Waals surface area contributed by atoms with E-state index in [1.54, 1.807) is 0 Å². The number of carbonyl (C=O) groups excluding carboxylic acids is 1. The Bertz CT molecular complexity index is 708. The maximum absolute atomic E-state index is 12.1. The van der Waals surface area contributed by atoms with Gasteiger partial charge in [0.1, 0.15) is 0 Å². The van der Waals surface area contributed by atoms with Crippen LogP contribution in [0.4, 0.5) is 0 Å². The predicted molar refractivity (Wildman–Crippen MR) is 96.7 cm³/mol. The van der Waals surface area contributed by atoms with E-state index in [1.165, 1.54) is 11.3 Å². The van der Waals surface area contributed by atoms with Gasteiger partial charge in [-0.2, -0.15) is 0 Å². The Balaban J connectivity index is 2.73. The molecule has 0 saturated heterocycles. The lowest BCUT2D eigenvalue weighted by Gasteiger charge is -2.11. The number of aromatic nitrogens is 1. The molecule has 0 bridgehead atoms. The second-order valence-electron chi connectivity index (χ2n) is 6.02. The third-order valence-electron chi connectivity index (χ3n) is 4.30. The van der Waals surface area contributed by atoms with Crippen LogP contribution in [0.3, 0.4) is 0 Å². The molecule has 1 amide bonds. The number of nitrogens with two attached hydrogens (primary N) is 1. The molecule has 122 valence electrons. The highest BCUT2D eigenvalue weighted by molar-refractivity contribution is 6.02. The van der Waals surface area contributed by atoms with Crippen LogP contribution in [0, 0.1) is 13.8 Å². The summed E-state index contributed by atoms with van der Waals surface area (Å²) < 4.78 is 2.18. The number of amides is 1. The SMILES string of the molecule is C=CCn1c(C)c(C(N)=O)c(-c2ccc(C)cc2)c1CCCC. The van der Waals surface area contributed by atoms with Crippen LogP contribution in [0.2, 0.25) is 0 Å². The lowest BCUT2D eigenvalue weighted by Crippen LogP contribution is -2.13. The minimum Gasteiger partial charge on any atom is -0.366 e. The Morgan fingerprint density at radius 2 is 1.91 bits per heavy atom. The Kier molecular flexibility index (Phi) is 5.43. The Morgan fingerprint density at radius 3 is 2.43 bits per heavy atom. The van der Waals surface area contributed by atoms with Crippen LogP contribution in [0.15, 0.2) is 36.9 Å². The molecule has 3 nitrogen and oxygen atoms in total. The van der Waals surface area contributed by atoms with Crippen LogP contribution in [0.25, 0.3) is 11.1 Å². The zero-order valence-electron chi connectivity index (χ0n) is 14.4. The number of hydrogen-bond acceptors (Lipinski definition) is 1. The van der Waals surface area contributed by atoms with Gasteiger partial charge in [0.05, 0.1) is 5.56 Å². The van der Waals surface area contributed by atoms with E-state index >= 15 is 0 Å². The summed E-state index contributed by atoms with van der Waals surface area (Å²) in [6, 6.07) is 8.29. The van der Waals surface area contributed by atoms with Crippen molar-refractivity contribution in [3.8, 4) is 11.1 Å². The van der Waals surface area contributed by atoms with E-state index in [9.17, 15) is 4.79 Å². The molecule has 23 heavy (non-hydrogen) atoms. The van der Waals surface area contributed by atoms with Crippen LogP contribution in [-0.2, 0) is 13.0 Å². The van der Waals surface area contributed by atoms with Gasteiger partial charge in [0.2, 0.25) is 0 Å². The fourth-order valence-corrected chi connectivity index (χ4v) is 3.11. The van der Waals surface area contributed by atoms with Crippen molar-refractivity contribution in [3.05, 3.63) is 59.4 Å². The number of hydrogen-bond donors (Lipinski definition) is 1. The first-order valence-corrected chi connectivity index (χ1v) is 8.20. The average Bonchev–Trinajstić information content (AvgIpc) is 2.79. The van der Waals surface area contributed by atoms with Crippen LogP contribution in [-0.4, -0.2) is 10.5 Å². The van der Waals surface area contributed by atoms with Gasteiger partial charge in [0.25, 0.3) is 5.91 Å². The van der Waals surface area contributed by atoms with E-state index in [0.717, 1.165) is 36.1 Å². The minimum absolute atomic E-state index is 0.362. The smallest absolute Gasteiger partial charge is 0.251 e. The maximum atomic E-state index is 12.1. The van der Waals surface area contributed by atoms with Crippen molar-refractivity contribution in [1.82, 2.24) is 4.57 Å². The van der Waals surface area contributed by atoms with E-state index in [4.69, 9.17) is 5.73 Å². The van der Waals surface area contributed by atoms with Gasteiger partial charge in [-0.15, -0.1) is 6.58 Å². The average molecular weight is 310 g/mol. The van der Waals surface area contributed by atoms with Gasteiger partial charge in [-0.25, -0.2) is 0 Å². The first kappa shape index (κ1) is 17.1. The topological polar surface area (TPSA) is 48.0 Å². The molecule has 0 atom stereocenters. The van der Waals surface area contributed by atoms with Crippen molar-refractivity contribution < 1.29 is 4.79 Å². The summed E-state index contributed by atoms with van der Waals surface area (Å²) >= 11 is 0. The molecule has 0 saturated carbocycles. The highest BCUT2D eigenvalue weighted by Gasteiger charge is 2.23. The molecule has 0 aliphatic heterocycles. The number of benzene rings is 1. The van der Waals surface area contributed by atoms with Gasteiger partial charge < -0.3 is 10.3 Å². The van der Waals surface area contributed by atoms with Gasteiger partial charge in [-0.1, -0.05) is 49.2 Å². The zero-order valence-corrected chi connectivity index (χ0v) is 14.4. The molecule has 0 spiro atoms. The fourth-order valence-electron chi connectivity index (χ4n) is 3.11. The predicted octanol–water partition coefficient (Wildman–Crippen LogP) is 4.40. The molecule has 0 fully saturated rings. The first-order valence-electron chi connectivity index (χ1n) is 8.20. The summed E-state index contributed by atoms with van der Waals surface area (Å²) in [7, 11) is 0. The van der Waals surface area contributed by atoms with Gasteiger partial charge in [0.15, 0.2) is 0 Å². The molecule has 0 aliphatic rings. The number of rotatable bonds is 7. The molecule has 2 N–H and O–H groups in total. The standard InChI is InChI=1S/C20H26N2O/c1-5-7-8-17-19(16-11-9-14(3)10-12-16)18(20(21)23)15(4)22(17)13-6-2/h6,9-12H,2,5,7-8,13H2,1,3-4H3,(H2,21,23). The maximum Gasteiger partial charge on any atom is 0.251 e. The van der Waals surface area contributed by atoms with Crippen molar-refractivity contribution in [2.75, 3.05) is 0 Å². The number of carbonyl (C=O) groups is 1. The number of nitrogens with zero attached hydrogens (tertiary/aromatic N) is 1. The fraction of sp³-hybridized carbons (Fsp3) is 0.350. The minimum atomic E-state index is -0.362. The molecular weight excluding hydrogens is 284 g/mol. The third-order valence-corrected chi connectivity index (χ3v) is 4.30. The molecule has 3 heteroatoms. The van der Waals surface area contributed by atoms with Crippen molar-refractivity contribution in [2.45, 2.75) is 46.6 Å². The molecular formula is C20H26N2O. The van der Waals surface area contributed by atoms with E-state index in [2.05, 4.69) is 49.3 Å². The highest BCUT2D eigenvalue weighted by atomic mass is 16.1. The van der Waals surface area contributed by atoms with Crippen LogP contribution >= 0.6 is 0 Å². The van der Waals surface area contributed by atoms with E-state index in [1.807, 2.05) is 13.0 Å². The number of aryl methyl sites for hydroxylation is 1. The largest absolute Gasteiger partial charge is 0.366 e. The highest BCUT2D eigenvalue weighted by Crippen LogP contribution is 2.34. The summed E-state index contributed by atoms with van der Waals surface area (Å²) in [5.74, 6) is -0.362. The molecule has 0 radical (unpaired) electrons. The number of allylic oxidation sites excluding steroid dienone is 1. The summed E-state index contributed by atoms with van der Waals surface area (Å²) in [6.45, 7) is 10.7. The lowest BCUT2D eigenvalue weighted by molar-refractivity contribution is 0.1000. The monoisotopic (exact) mass is 310 g/mol. The number of primary amides is 1. The summed E-state index contributed by atoms with van der Waals surface area (Å²) in [5, 5.41) is 0. The van der Waals surface area contributed by atoms with Crippen LogP contribution in [0.5, 0.6) is 0 Å². The Morgan fingerprint density at radius 1 is 1.26 bits per heavy atom. The van der Waals surface area contributed by atoms with Gasteiger partial charge >= 0.3 is 0 Å². The Hall–Kier alpha value is -2.29. The normalized spacial score (nSPS) is 10.7. The number of unbranched alkanes of at least 4 members (excludes halogenated alkanes) is 1. The molecule has 0 aliphatic carbocycles. The van der Waals surface area contributed by atoms with E-state index in [0.29, 0.717) is 12.1 Å². The first-order chi connectivity index (χ1) is 11.0. The third kappa shape index (κ3) is 3.39. The Labute approximate surface area is 138 Å². The lowest BCUT2D eigenvalue weighted by atomic mass is 9.97. The van der Waals surface area contributed by atoms with Gasteiger partial charge in [-0.05, 0) is 32.3 Å². The van der Waals surface area contributed by atoms with E-state index in [-0.39, 0.29) is 5.91 Å². The van der Waals surface area contributed by atoms with Crippen molar-refractivity contribution in [3.63, 3.8) is 0 Å². The molecule has 1 aromatic heterocycles. The molecule has 1 heterocycles. The summed E-state index contributed by atoms with van der Waals surface area (Å²) in [4.78, 5) is 12.1. The zero-order chi connectivity index (χ0) is 17.0. The molecule has 2 rings (SSSR count). The second-order valence-corrected chi connectivity index (χ2v) is 6.02. The van der Waals surface area contributed by atoms with Crippen molar-refractivity contribution in [1.29, 1.82) is 0 Å².